The SMILES string of the molecule is NC(=O)N/N=C\c1cc(Br)ccc1OC(=O)/C=C/c1ccccc1. The lowest BCUT2D eigenvalue weighted by Crippen LogP contribution is -2.24. The Hall–Kier alpha value is -2.93. The lowest BCUT2D eigenvalue weighted by atomic mass is 10.2. The smallest absolute Gasteiger partial charge is 0.336 e. The summed E-state index contributed by atoms with van der Waals surface area (Å²) in [5, 5.41) is 3.66. The molecule has 2 rings (SSSR count). The van der Waals surface area contributed by atoms with E-state index in [0.717, 1.165) is 10.0 Å². The molecule has 3 N–H and O–H groups in total. The number of hydrazone groups is 1. The van der Waals surface area contributed by atoms with Gasteiger partial charge in [-0.1, -0.05) is 46.3 Å². The van der Waals surface area contributed by atoms with E-state index in [-0.39, 0.29) is 0 Å². The Morgan fingerprint density at radius 3 is 2.62 bits per heavy atom. The summed E-state index contributed by atoms with van der Waals surface area (Å²) in [4.78, 5) is 22.6. The van der Waals surface area contributed by atoms with Crippen molar-refractivity contribution in [2.75, 3.05) is 0 Å². The normalized spacial score (nSPS) is 10.9. The molecule has 0 aromatic heterocycles. The third-order valence-electron chi connectivity index (χ3n) is 2.77. The number of rotatable bonds is 5. The number of nitrogens with two attached hydrogens (primary N) is 1. The molecule has 0 fully saturated rings. The molecule has 0 radical (unpaired) electrons. The zero-order valence-electron chi connectivity index (χ0n) is 12.5. The molecule has 122 valence electrons. The summed E-state index contributed by atoms with van der Waals surface area (Å²) in [5.74, 6) is -0.227. The van der Waals surface area contributed by atoms with Crippen molar-refractivity contribution in [3.63, 3.8) is 0 Å². The monoisotopic (exact) mass is 387 g/mol. The first kappa shape index (κ1) is 17.4. The van der Waals surface area contributed by atoms with Crippen LogP contribution in [0.25, 0.3) is 6.08 Å². The quantitative estimate of drug-likeness (QED) is 0.271. The molecule has 2 aromatic carbocycles. The number of nitrogens with one attached hydrogen (secondary N) is 1. The van der Waals surface area contributed by atoms with Crippen LogP contribution in [0.5, 0.6) is 5.75 Å². The summed E-state index contributed by atoms with van der Waals surface area (Å²) in [7, 11) is 0. The van der Waals surface area contributed by atoms with Gasteiger partial charge >= 0.3 is 12.0 Å². The second kappa shape index (κ2) is 8.64. The van der Waals surface area contributed by atoms with Gasteiger partial charge in [-0.25, -0.2) is 15.0 Å². The fraction of sp³-hybridized carbons (Fsp3) is 0. The number of amides is 2. The van der Waals surface area contributed by atoms with Crippen LogP contribution in [0.15, 0.2) is 64.2 Å². The molecule has 6 nitrogen and oxygen atoms in total. The van der Waals surface area contributed by atoms with Crippen LogP contribution in [0.3, 0.4) is 0 Å². The molecule has 0 unspecified atom stereocenters. The van der Waals surface area contributed by atoms with Crippen molar-refractivity contribution in [3.05, 3.63) is 70.2 Å². The molecule has 0 bridgehead atoms. The predicted molar refractivity (Wildman–Crippen MR) is 95.6 cm³/mol. The highest BCUT2D eigenvalue weighted by atomic mass is 79.9. The Balaban J connectivity index is 2.10. The molecular formula is C17H14BrN3O3. The van der Waals surface area contributed by atoms with Crippen molar-refractivity contribution in [2.24, 2.45) is 10.8 Å². The molecule has 0 aliphatic rings. The number of ether oxygens (including phenoxy) is 1. The van der Waals surface area contributed by atoms with Gasteiger partial charge in [-0.3, -0.25) is 0 Å². The van der Waals surface area contributed by atoms with Crippen molar-refractivity contribution in [1.82, 2.24) is 5.43 Å². The number of benzene rings is 2. The van der Waals surface area contributed by atoms with E-state index in [4.69, 9.17) is 10.5 Å². The Morgan fingerprint density at radius 1 is 1.17 bits per heavy atom. The highest BCUT2D eigenvalue weighted by Gasteiger charge is 2.07. The lowest BCUT2D eigenvalue weighted by Gasteiger charge is -2.06. The van der Waals surface area contributed by atoms with Crippen molar-refractivity contribution >= 4 is 40.2 Å². The second-order valence-corrected chi connectivity index (χ2v) is 5.50. The minimum absolute atomic E-state index is 0.302. The highest BCUT2D eigenvalue weighted by Crippen LogP contribution is 2.22. The predicted octanol–water partition coefficient (Wildman–Crippen LogP) is 3.07. The second-order valence-electron chi connectivity index (χ2n) is 4.58. The number of hydrogen-bond donors (Lipinski definition) is 2. The van der Waals surface area contributed by atoms with Gasteiger partial charge in [0.25, 0.3) is 0 Å². The zero-order valence-corrected chi connectivity index (χ0v) is 14.1. The minimum atomic E-state index is -0.786. The van der Waals surface area contributed by atoms with Gasteiger partial charge in [0.05, 0.1) is 6.21 Å². The largest absolute Gasteiger partial charge is 0.423 e. The number of esters is 1. The summed E-state index contributed by atoms with van der Waals surface area (Å²) in [5.41, 5.74) is 8.40. The molecule has 2 amide bonds. The van der Waals surface area contributed by atoms with E-state index in [1.807, 2.05) is 30.3 Å². The maximum atomic E-state index is 11.9. The van der Waals surface area contributed by atoms with Gasteiger partial charge in [0.1, 0.15) is 5.75 Å². The number of carbonyl (C=O) groups excluding carboxylic acids is 2. The third-order valence-corrected chi connectivity index (χ3v) is 3.27. The van der Waals surface area contributed by atoms with Crippen molar-refractivity contribution < 1.29 is 14.3 Å². The van der Waals surface area contributed by atoms with Gasteiger partial charge in [0.2, 0.25) is 0 Å². The van der Waals surface area contributed by atoms with Gasteiger partial charge < -0.3 is 10.5 Å². The molecule has 0 heterocycles. The number of hydrogen-bond acceptors (Lipinski definition) is 4. The van der Waals surface area contributed by atoms with Crippen LogP contribution in [-0.4, -0.2) is 18.2 Å². The van der Waals surface area contributed by atoms with E-state index < -0.39 is 12.0 Å². The summed E-state index contributed by atoms with van der Waals surface area (Å²) in [6.07, 6.45) is 4.32. The molecule has 0 saturated carbocycles. The van der Waals surface area contributed by atoms with Crippen molar-refractivity contribution in [2.45, 2.75) is 0 Å². The average molecular weight is 388 g/mol. The summed E-state index contributed by atoms with van der Waals surface area (Å²) in [6, 6.07) is 13.6. The first-order valence-corrected chi connectivity index (χ1v) is 7.67. The van der Waals surface area contributed by atoms with Crippen LogP contribution in [0.1, 0.15) is 11.1 Å². The Labute approximate surface area is 147 Å². The standard InChI is InChI=1S/C17H14BrN3O3/c18-14-7-8-15(13(10-14)11-20-21-17(19)23)24-16(22)9-6-12-4-2-1-3-5-12/h1-11H,(H3,19,21,23)/b9-6+,20-11-. The molecular weight excluding hydrogens is 374 g/mol. The van der Waals surface area contributed by atoms with Crippen LogP contribution >= 0.6 is 15.9 Å². The zero-order chi connectivity index (χ0) is 17.4. The van der Waals surface area contributed by atoms with Gasteiger partial charge in [-0.2, -0.15) is 5.10 Å². The van der Waals surface area contributed by atoms with E-state index in [2.05, 4.69) is 26.5 Å². The van der Waals surface area contributed by atoms with Crippen LogP contribution in [-0.2, 0) is 4.79 Å². The Bertz CT molecular complexity index is 789. The number of halogens is 1. The summed E-state index contributed by atoms with van der Waals surface area (Å²) >= 11 is 3.32. The Morgan fingerprint density at radius 2 is 1.92 bits per heavy atom. The van der Waals surface area contributed by atoms with Crippen LogP contribution < -0.4 is 15.9 Å². The van der Waals surface area contributed by atoms with Gasteiger partial charge in [-0.05, 0) is 29.8 Å². The van der Waals surface area contributed by atoms with E-state index >= 15 is 0 Å². The fourth-order valence-electron chi connectivity index (χ4n) is 1.75. The maximum Gasteiger partial charge on any atom is 0.336 e. The number of primary amides is 1. The van der Waals surface area contributed by atoms with Crippen LogP contribution in [0.2, 0.25) is 0 Å². The van der Waals surface area contributed by atoms with E-state index in [9.17, 15) is 9.59 Å². The topological polar surface area (TPSA) is 93.8 Å². The number of carbonyl (C=O) groups is 2. The average Bonchev–Trinajstić information content (AvgIpc) is 2.56. The molecule has 2 aromatic rings. The minimum Gasteiger partial charge on any atom is -0.423 e. The van der Waals surface area contributed by atoms with E-state index in [1.165, 1.54) is 12.3 Å². The molecule has 24 heavy (non-hydrogen) atoms. The highest BCUT2D eigenvalue weighted by molar-refractivity contribution is 9.10. The number of urea groups is 1. The number of nitrogens with zero attached hydrogens (tertiary/aromatic N) is 1. The van der Waals surface area contributed by atoms with Crippen LogP contribution in [0.4, 0.5) is 4.79 Å². The maximum absolute atomic E-state index is 11.9. The molecule has 0 spiro atoms. The van der Waals surface area contributed by atoms with Gasteiger partial charge in [-0.15, -0.1) is 0 Å². The Kier molecular flexibility index (Phi) is 6.27. The molecule has 0 aliphatic carbocycles. The fourth-order valence-corrected chi connectivity index (χ4v) is 2.13. The van der Waals surface area contributed by atoms with E-state index in [0.29, 0.717) is 11.3 Å². The first-order chi connectivity index (χ1) is 11.5. The van der Waals surface area contributed by atoms with Gasteiger partial charge in [0, 0.05) is 16.1 Å². The van der Waals surface area contributed by atoms with Crippen LogP contribution in [0, 0.1) is 0 Å². The summed E-state index contributed by atoms with van der Waals surface area (Å²) in [6.45, 7) is 0. The molecule has 0 atom stereocenters. The van der Waals surface area contributed by atoms with Crippen molar-refractivity contribution in [3.8, 4) is 5.75 Å². The molecule has 0 saturated heterocycles. The van der Waals surface area contributed by atoms with Gasteiger partial charge in [0.15, 0.2) is 0 Å². The molecule has 7 heteroatoms. The van der Waals surface area contributed by atoms with E-state index in [1.54, 1.807) is 24.3 Å². The first-order valence-electron chi connectivity index (χ1n) is 6.87. The molecule has 0 aliphatic heterocycles. The lowest BCUT2D eigenvalue weighted by molar-refractivity contribution is -0.128. The summed E-state index contributed by atoms with van der Waals surface area (Å²) < 4.78 is 6.06. The van der Waals surface area contributed by atoms with Crippen molar-refractivity contribution in [1.29, 1.82) is 0 Å². The third kappa shape index (κ3) is 5.69.